The molecule has 2 N–H and O–H groups in total. The molecule has 0 spiro atoms. The third kappa shape index (κ3) is 5.09. The van der Waals surface area contributed by atoms with Crippen LogP contribution in [0.15, 0.2) is 0 Å². The minimum absolute atomic E-state index is 0.00834. The van der Waals surface area contributed by atoms with E-state index in [-0.39, 0.29) is 61.0 Å². The number of carbonyl (C=O) groups is 3. The van der Waals surface area contributed by atoms with Crippen LogP contribution in [0.4, 0.5) is 0 Å². The summed E-state index contributed by atoms with van der Waals surface area (Å²) in [5.41, 5.74) is 0. The molecule has 3 fully saturated rings. The highest BCUT2D eigenvalue weighted by Gasteiger charge is 2.50. The highest BCUT2D eigenvalue weighted by atomic mass is 16.5. The number of nitrogens with zero attached hydrogens (tertiary/aromatic N) is 2. The van der Waals surface area contributed by atoms with Crippen LogP contribution in [0.3, 0.4) is 0 Å². The summed E-state index contributed by atoms with van der Waals surface area (Å²) in [6.45, 7) is 4.69. The Hall–Kier alpha value is -1.67. The molecule has 0 aromatic carbocycles. The van der Waals surface area contributed by atoms with Gasteiger partial charge in [0.15, 0.2) is 0 Å². The summed E-state index contributed by atoms with van der Waals surface area (Å²) in [6, 6.07) is -0.148. The average molecular weight is 410 g/mol. The molecule has 3 aliphatic rings. The quantitative estimate of drug-likeness (QED) is 0.667. The lowest BCUT2D eigenvalue weighted by atomic mass is 9.89. The molecule has 0 aromatic heterocycles. The number of carbonyl (C=O) groups excluding carboxylic acids is 3. The van der Waals surface area contributed by atoms with Crippen LogP contribution >= 0.6 is 0 Å². The summed E-state index contributed by atoms with van der Waals surface area (Å²) in [5, 5.41) is 12.9. The maximum atomic E-state index is 13.1. The number of methoxy groups -OCH3 is 1. The Morgan fingerprint density at radius 2 is 1.93 bits per heavy atom. The van der Waals surface area contributed by atoms with Gasteiger partial charge in [-0.1, -0.05) is 13.8 Å². The van der Waals surface area contributed by atoms with Gasteiger partial charge in [0, 0.05) is 25.7 Å². The lowest BCUT2D eigenvalue weighted by Crippen LogP contribution is -2.58. The highest BCUT2D eigenvalue weighted by molar-refractivity contribution is 5.89. The van der Waals surface area contributed by atoms with Gasteiger partial charge in [-0.25, -0.2) is 0 Å². The molecule has 164 valence electrons. The molecule has 0 radical (unpaired) electrons. The second-order valence-corrected chi connectivity index (χ2v) is 9.22. The van der Waals surface area contributed by atoms with E-state index >= 15 is 0 Å². The van der Waals surface area contributed by atoms with Crippen molar-refractivity contribution in [1.82, 2.24) is 15.1 Å². The van der Waals surface area contributed by atoms with Gasteiger partial charge in [-0.15, -0.1) is 0 Å². The second kappa shape index (κ2) is 9.43. The zero-order valence-corrected chi connectivity index (χ0v) is 17.8. The largest absolute Gasteiger partial charge is 0.393 e. The van der Waals surface area contributed by atoms with Gasteiger partial charge < -0.3 is 25.0 Å². The number of rotatable bonds is 6. The van der Waals surface area contributed by atoms with Crippen molar-refractivity contribution in [1.29, 1.82) is 0 Å². The van der Waals surface area contributed by atoms with E-state index in [1.807, 2.05) is 4.90 Å². The van der Waals surface area contributed by atoms with Crippen LogP contribution in [0.25, 0.3) is 0 Å². The third-order valence-electron chi connectivity index (χ3n) is 6.50. The lowest BCUT2D eigenvalue weighted by Gasteiger charge is -2.40. The maximum absolute atomic E-state index is 13.1. The van der Waals surface area contributed by atoms with Crippen molar-refractivity contribution >= 4 is 17.7 Å². The Kier molecular flexibility index (Phi) is 7.16. The van der Waals surface area contributed by atoms with Gasteiger partial charge in [-0.3, -0.25) is 14.4 Å². The van der Waals surface area contributed by atoms with Crippen LogP contribution in [0.5, 0.6) is 0 Å². The Morgan fingerprint density at radius 1 is 1.24 bits per heavy atom. The topological polar surface area (TPSA) is 99.2 Å². The van der Waals surface area contributed by atoms with Gasteiger partial charge >= 0.3 is 0 Å². The van der Waals surface area contributed by atoms with E-state index in [0.29, 0.717) is 18.9 Å². The standard InChI is InChI=1S/C21H35N3O5/c1-13(2)8-18-17(21(28)22-14-4-6-16(25)7-5-14)9-15-10-23(20(27)12-29-3)11-19(26)24(15)18/h13-18,25H,4-12H2,1-3H3,(H,22,28)/t14?,15-,16?,17-,18-/m1/s1. The summed E-state index contributed by atoms with van der Waals surface area (Å²) in [5.74, 6) is -0.147. The first-order chi connectivity index (χ1) is 13.8. The van der Waals surface area contributed by atoms with Crippen LogP contribution in [0.2, 0.25) is 0 Å². The Balaban J connectivity index is 1.71. The molecule has 2 saturated heterocycles. The van der Waals surface area contributed by atoms with Crippen molar-refractivity contribution < 1.29 is 24.2 Å². The lowest BCUT2D eigenvalue weighted by molar-refractivity contribution is -0.151. The summed E-state index contributed by atoms with van der Waals surface area (Å²) in [6.07, 6.45) is 4.12. The Morgan fingerprint density at radius 3 is 2.55 bits per heavy atom. The van der Waals surface area contributed by atoms with Gasteiger partial charge in [0.1, 0.15) is 6.61 Å². The number of nitrogens with one attached hydrogen (secondary N) is 1. The number of ether oxygens (including phenoxy) is 1. The van der Waals surface area contributed by atoms with E-state index in [1.54, 1.807) is 4.90 Å². The first kappa shape index (κ1) is 22.0. The highest BCUT2D eigenvalue weighted by Crippen LogP contribution is 2.37. The molecule has 3 rings (SSSR count). The van der Waals surface area contributed by atoms with Crippen molar-refractivity contribution in [2.45, 2.75) is 76.6 Å². The third-order valence-corrected chi connectivity index (χ3v) is 6.50. The van der Waals surface area contributed by atoms with E-state index in [1.165, 1.54) is 7.11 Å². The smallest absolute Gasteiger partial charge is 0.249 e. The van der Waals surface area contributed by atoms with Crippen molar-refractivity contribution in [3.63, 3.8) is 0 Å². The fourth-order valence-electron chi connectivity index (χ4n) is 5.12. The number of piperazine rings is 1. The molecule has 2 heterocycles. The van der Waals surface area contributed by atoms with Crippen LogP contribution in [-0.2, 0) is 19.1 Å². The van der Waals surface area contributed by atoms with Gasteiger partial charge in [0.25, 0.3) is 0 Å². The number of aliphatic hydroxyl groups is 1. The first-order valence-corrected chi connectivity index (χ1v) is 10.9. The van der Waals surface area contributed by atoms with Gasteiger partial charge in [0.05, 0.1) is 24.6 Å². The molecule has 8 heteroatoms. The normalized spacial score (nSPS) is 32.4. The molecule has 2 aliphatic heterocycles. The molecule has 8 nitrogen and oxygen atoms in total. The SMILES string of the molecule is COCC(=O)N1CC(=O)N2[C@H](C[C@@H](C(=O)NC3CCC(O)CC3)[C@H]2CC(C)C)C1. The predicted octanol–water partition coefficient (Wildman–Crippen LogP) is 0.527. The molecule has 3 amide bonds. The molecular formula is C21H35N3O5. The van der Waals surface area contributed by atoms with Gasteiger partial charge in [-0.2, -0.15) is 0 Å². The van der Waals surface area contributed by atoms with Crippen molar-refractivity contribution in [2.24, 2.45) is 11.8 Å². The van der Waals surface area contributed by atoms with E-state index in [0.717, 1.165) is 32.1 Å². The number of amides is 3. The zero-order chi connectivity index (χ0) is 21.1. The van der Waals surface area contributed by atoms with E-state index < -0.39 is 0 Å². The van der Waals surface area contributed by atoms with Crippen LogP contribution in [-0.4, -0.2) is 83.7 Å². The molecule has 0 aromatic rings. The van der Waals surface area contributed by atoms with Crippen LogP contribution < -0.4 is 5.32 Å². The summed E-state index contributed by atoms with van der Waals surface area (Å²) >= 11 is 0. The number of fused-ring (bicyclic) bond motifs is 1. The Bertz CT molecular complexity index is 617. The maximum Gasteiger partial charge on any atom is 0.249 e. The monoisotopic (exact) mass is 409 g/mol. The average Bonchev–Trinajstić information content (AvgIpc) is 3.02. The number of aliphatic hydroxyl groups excluding tert-OH is 1. The van der Waals surface area contributed by atoms with Crippen LogP contribution in [0, 0.1) is 11.8 Å². The van der Waals surface area contributed by atoms with Crippen molar-refractivity contribution in [2.75, 3.05) is 26.8 Å². The van der Waals surface area contributed by atoms with Gasteiger partial charge in [-0.05, 0) is 44.4 Å². The van der Waals surface area contributed by atoms with E-state index in [2.05, 4.69) is 19.2 Å². The fraction of sp³-hybridized carbons (Fsp3) is 0.857. The summed E-state index contributed by atoms with van der Waals surface area (Å²) < 4.78 is 4.93. The molecule has 0 unspecified atom stereocenters. The summed E-state index contributed by atoms with van der Waals surface area (Å²) in [7, 11) is 1.47. The number of hydrogen-bond acceptors (Lipinski definition) is 5. The zero-order valence-electron chi connectivity index (χ0n) is 17.8. The molecule has 29 heavy (non-hydrogen) atoms. The number of hydrogen-bond donors (Lipinski definition) is 2. The molecule has 0 bridgehead atoms. The minimum Gasteiger partial charge on any atom is -0.393 e. The first-order valence-electron chi connectivity index (χ1n) is 10.9. The summed E-state index contributed by atoms with van der Waals surface area (Å²) in [4.78, 5) is 41.7. The van der Waals surface area contributed by atoms with Crippen LogP contribution in [0.1, 0.15) is 52.4 Å². The molecule has 1 aliphatic carbocycles. The predicted molar refractivity (Wildman–Crippen MR) is 107 cm³/mol. The van der Waals surface area contributed by atoms with Gasteiger partial charge in [0.2, 0.25) is 17.7 Å². The minimum atomic E-state index is -0.259. The molecule has 1 saturated carbocycles. The molecule has 3 atom stereocenters. The van der Waals surface area contributed by atoms with E-state index in [9.17, 15) is 19.5 Å². The molecular weight excluding hydrogens is 374 g/mol. The fourth-order valence-corrected chi connectivity index (χ4v) is 5.12. The second-order valence-electron chi connectivity index (χ2n) is 9.22. The van der Waals surface area contributed by atoms with Crippen molar-refractivity contribution in [3.05, 3.63) is 0 Å². The van der Waals surface area contributed by atoms with Crippen molar-refractivity contribution in [3.8, 4) is 0 Å². The Labute approximate surface area is 172 Å². The van der Waals surface area contributed by atoms with E-state index in [4.69, 9.17) is 4.74 Å².